The van der Waals surface area contributed by atoms with E-state index in [2.05, 4.69) is 4.98 Å². The average molecular weight is 297 g/mol. The van der Waals surface area contributed by atoms with Gasteiger partial charge in [-0.15, -0.1) is 11.3 Å². The van der Waals surface area contributed by atoms with Crippen LogP contribution in [0.2, 0.25) is 0 Å². The molecule has 20 heavy (non-hydrogen) atoms. The Kier molecular flexibility index (Phi) is 4.39. The maximum absolute atomic E-state index is 12.4. The van der Waals surface area contributed by atoms with Crippen molar-refractivity contribution in [3.8, 4) is 0 Å². The predicted molar refractivity (Wildman–Crippen MR) is 76.2 cm³/mol. The van der Waals surface area contributed by atoms with Crippen LogP contribution in [-0.2, 0) is 4.79 Å². The highest BCUT2D eigenvalue weighted by Gasteiger charge is 2.28. The normalized spacial score (nSPS) is 18.1. The van der Waals surface area contributed by atoms with Crippen LogP contribution in [0.25, 0.3) is 0 Å². The summed E-state index contributed by atoms with van der Waals surface area (Å²) >= 11 is 1.42. The van der Waals surface area contributed by atoms with Crippen molar-refractivity contribution in [2.45, 2.75) is 26.8 Å². The monoisotopic (exact) mass is 297 g/mol. The Bertz CT molecular complexity index is 521. The number of amides is 1. The summed E-state index contributed by atoms with van der Waals surface area (Å²) < 4.78 is 0. The molecule has 7 heteroatoms. The standard InChI is InChI=1S/C13H19N3O3S/c1-8-11(20-10(3)14-8)12(17)16-6-4-15(5-7-16)9(2)13(18)19/h9H,4-7H2,1-3H3,(H,18,19). The molecule has 0 radical (unpaired) electrons. The molecule has 110 valence electrons. The second-order valence-corrected chi connectivity index (χ2v) is 6.19. The van der Waals surface area contributed by atoms with E-state index in [4.69, 9.17) is 5.11 Å². The van der Waals surface area contributed by atoms with Crippen LogP contribution in [0.4, 0.5) is 0 Å². The van der Waals surface area contributed by atoms with Gasteiger partial charge in [-0.05, 0) is 20.8 Å². The topological polar surface area (TPSA) is 73.7 Å². The summed E-state index contributed by atoms with van der Waals surface area (Å²) in [5.41, 5.74) is 0.777. The van der Waals surface area contributed by atoms with Gasteiger partial charge in [-0.3, -0.25) is 14.5 Å². The van der Waals surface area contributed by atoms with Crippen molar-refractivity contribution >= 4 is 23.2 Å². The lowest BCUT2D eigenvalue weighted by atomic mass is 10.2. The van der Waals surface area contributed by atoms with Gasteiger partial charge in [-0.1, -0.05) is 0 Å². The molecule has 2 rings (SSSR count). The van der Waals surface area contributed by atoms with E-state index in [1.165, 1.54) is 11.3 Å². The molecule has 1 amide bonds. The van der Waals surface area contributed by atoms with Crippen LogP contribution in [0.15, 0.2) is 0 Å². The van der Waals surface area contributed by atoms with Crippen molar-refractivity contribution < 1.29 is 14.7 Å². The molecule has 1 aromatic rings. The van der Waals surface area contributed by atoms with E-state index in [1.807, 2.05) is 18.7 Å². The Labute approximate surface area is 122 Å². The van der Waals surface area contributed by atoms with Crippen molar-refractivity contribution in [3.05, 3.63) is 15.6 Å². The molecule has 0 saturated carbocycles. The van der Waals surface area contributed by atoms with Crippen LogP contribution in [0.5, 0.6) is 0 Å². The SMILES string of the molecule is Cc1nc(C)c(C(=O)N2CCN(C(C)C(=O)O)CC2)s1. The number of carboxylic acids is 1. The Morgan fingerprint density at radius 3 is 2.30 bits per heavy atom. The van der Waals surface area contributed by atoms with Gasteiger partial charge in [0.25, 0.3) is 5.91 Å². The van der Waals surface area contributed by atoms with Gasteiger partial charge in [0.15, 0.2) is 0 Å². The Hall–Kier alpha value is -1.47. The highest BCUT2D eigenvalue weighted by molar-refractivity contribution is 7.13. The largest absolute Gasteiger partial charge is 0.480 e. The van der Waals surface area contributed by atoms with Gasteiger partial charge in [0.05, 0.1) is 10.7 Å². The molecule has 1 N–H and O–H groups in total. The van der Waals surface area contributed by atoms with Crippen LogP contribution in [0.3, 0.4) is 0 Å². The van der Waals surface area contributed by atoms with Crippen molar-refractivity contribution in [1.82, 2.24) is 14.8 Å². The zero-order valence-electron chi connectivity index (χ0n) is 11.9. The molecular weight excluding hydrogens is 278 g/mol. The molecule has 1 aliphatic rings. The van der Waals surface area contributed by atoms with Crippen LogP contribution in [0.1, 0.15) is 27.3 Å². The number of aliphatic carboxylic acids is 1. The lowest BCUT2D eigenvalue weighted by Crippen LogP contribution is -2.53. The van der Waals surface area contributed by atoms with Gasteiger partial charge in [-0.2, -0.15) is 0 Å². The van der Waals surface area contributed by atoms with E-state index < -0.39 is 12.0 Å². The third-order valence-electron chi connectivity index (χ3n) is 3.60. The fourth-order valence-electron chi connectivity index (χ4n) is 2.34. The minimum atomic E-state index is -0.821. The number of carbonyl (C=O) groups is 2. The smallest absolute Gasteiger partial charge is 0.320 e. The summed E-state index contributed by atoms with van der Waals surface area (Å²) in [6, 6.07) is -0.500. The first-order valence-corrected chi connectivity index (χ1v) is 7.42. The van der Waals surface area contributed by atoms with Gasteiger partial charge in [0.2, 0.25) is 0 Å². The van der Waals surface area contributed by atoms with Gasteiger partial charge in [0.1, 0.15) is 10.9 Å². The first kappa shape index (κ1) is 14.9. The van der Waals surface area contributed by atoms with Crippen molar-refractivity contribution in [2.24, 2.45) is 0 Å². The first-order chi connectivity index (χ1) is 9.40. The average Bonchev–Trinajstić information content (AvgIpc) is 2.76. The van der Waals surface area contributed by atoms with Crippen molar-refractivity contribution in [1.29, 1.82) is 0 Å². The molecule has 2 heterocycles. The van der Waals surface area contributed by atoms with Crippen LogP contribution < -0.4 is 0 Å². The lowest BCUT2D eigenvalue weighted by molar-refractivity contribution is -0.143. The molecule has 0 spiro atoms. The number of hydrogen-bond acceptors (Lipinski definition) is 5. The van der Waals surface area contributed by atoms with Crippen molar-refractivity contribution in [3.63, 3.8) is 0 Å². The summed E-state index contributed by atoms with van der Waals surface area (Å²) in [7, 11) is 0. The zero-order chi connectivity index (χ0) is 14.9. The molecular formula is C13H19N3O3S. The van der Waals surface area contributed by atoms with E-state index in [9.17, 15) is 9.59 Å². The van der Waals surface area contributed by atoms with Crippen LogP contribution in [0, 0.1) is 13.8 Å². The Morgan fingerprint density at radius 1 is 1.25 bits per heavy atom. The minimum Gasteiger partial charge on any atom is -0.480 e. The van der Waals surface area contributed by atoms with Gasteiger partial charge in [-0.25, -0.2) is 4.98 Å². The number of carboxylic acid groups (broad SMARTS) is 1. The summed E-state index contributed by atoms with van der Waals surface area (Å²) in [6.45, 7) is 7.72. The summed E-state index contributed by atoms with van der Waals surface area (Å²) in [5, 5.41) is 9.89. The van der Waals surface area contributed by atoms with Gasteiger partial charge in [0, 0.05) is 26.2 Å². The second-order valence-electron chi connectivity index (χ2n) is 4.99. The molecule has 1 aliphatic heterocycles. The second kappa shape index (κ2) is 5.88. The fraction of sp³-hybridized carbons (Fsp3) is 0.615. The summed E-state index contributed by atoms with van der Waals surface area (Å²) in [4.78, 5) is 32.0. The molecule has 1 unspecified atom stereocenters. The number of aryl methyl sites for hydroxylation is 2. The van der Waals surface area contributed by atoms with E-state index in [1.54, 1.807) is 11.8 Å². The molecule has 0 aromatic carbocycles. The van der Waals surface area contributed by atoms with E-state index >= 15 is 0 Å². The van der Waals surface area contributed by atoms with Crippen LogP contribution in [-0.4, -0.2) is 64.0 Å². The van der Waals surface area contributed by atoms with Gasteiger partial charge >= 0.3 is 5.97 Å². The third kappa shape index (κ3) is 2.99. The fourth-order valence-corrected chi connectivity index (χ4v) is 3.23. The van der Waals surface area contributed by atoms with Crippen molar-refractivity contribution in [2.75, 3.05) is 26.2 Å². The number of carbonyl (C=O) groups excluding carboxylic acids is 1. The van der Waals surface area contributed by atoms with E-state index in [0.717, 1.165) is 10.7 Å². The molecule has 0 bridgehead atoms. The molecule has 1 aromatic heterocycles. The van der Waals surface area contributed by atoms with Gasteiger partial charge < -0.3 is 10.0 Å². The number of hydrogen-bond donors (Lipinski definition) is 1. The molecule has 6 nitrogen and oxygen atoms in total. The third-order valence-corrected chi connectivity index (χ3v) is 4.67. The Morgan fingerprint density at radius 2 is 1.85 bits per heavy atom. The highest BCUT2D eigenvalue weighted by atomic mass is 32.1. The minimum absolute atomic E-state index is 0.00993. The summed E-state index contributed by atoms with van der Waals surface area (Å²) in [5.74, 6) is -0.811. The molecule has 1 atom stereocenters. The van der Waals surface area contributed by atoms with E-state index in [0.29, 0.717) is 31.1 Å². The molecule has 0 aliphatic carbocycles. The number of thiazole rings is 1. The lowest BCUT2D eigenvalue weighted by Gasteiger charge is -2.36. The van der Waals surface area contributed by atoms with E-state index in [-0.39, 0.29) is 5.91 Å². The first-order valence-electron chi connectivity index (χ1n) is 6.60. The zero-order valence-corrected chi connectivity index (χ0v) is 12.7. The number of aromatic nitrogens is 1. The quantitative estimate of drug-likeness (QED) is 0.900. The number of rotatable bonds is 3. The maximum Gasteiger partial charge on any atom is 0.320 e. The summed E-state index contributed by atoms with van der Waals surface area (Å²) in [6.07, 6.45) is 0. The molecule has 1 fully saturated rings. The Balaban J connectivity index is 1.99. The number of piperazine rings is 1. The maximum atomic E-state index is 12.4. The molecule has 1 saturated heterocycles. The van der Waals surface area contributed by atoms with Crippen LogP contribution >= 0.6 is 11.3 Å². The highest BCUT2D eigenvalue weighted by Crippen LogP contribution is 2.20. The predicted octanol–water partition coefficient (Wildman–Crippen LogP) is 0.991. The number of nitrogens with zero attached hydrogens (tertiary/aromatic N) is 3.